The van der Waals surface area contributed by atoms with E-state index in [0.29, 0.717) is 19.0 Å². The van der Waals surface area contributed by atoms with Gasteiger partial charge in [-0.1, -0.05) is 12.1 Å². The van der Waals surface area contributed by atoms with Gasteiger partial charge in [-0.3, -0.25) is 15.0 Å². The lowest BCUT2D eigenvalue weighted by atomic mass is 9.90. The van der Waals surface area contributed by atoms with Crippen LogP contribution in [0, 0.1) is 12.3 Å². The van der Waals surface area contributed by atoms with Crippen LogP contribution in [0.4, 0.5) is 5.88 Å². The number of likely N-dealkylation sites (tertiary alicyclic amines) is 1. The number of hydrogen-bond donors (Lipinski definition) is 2. The highest BCUT2D eigenvalue weighted by atomic mass is 35.5. The Bertz CT molecular complexity index is 437. The van der Waals surface area contributed by atoms with Gasteiger partial charge in [0.1, 0.15) is 0 Å². The number of carbonyl (C=O) groups excluding carboxylic acids is 1. The molecule has 2 heterocycles. The van der Waals surface area contributed by atoms with Gasteiger partial charge in [0.25, 0.3) is 0 Å². The van der Waals surface area contributed by atoms with E-state index in [2.05, 4.69) is 22.3 Å². The number of nitrogens with two attached hydrogens (primary N) is 1. The van der Waals surface area contributed by atoms with Gasteiger partial charge in [0.05, 0.1) is 12.2 Å². The molecular weight excluding hydrogens is 268 g/mol. The average molecular weight is 289 g/mol. The second-order valence-corrected chi connectivity index (χ2v) is 5.36. The average Bonchev–Trinajstić information content (AvgIpc) is 2.87. The zero-order valence-corrected chi connectivity index (χ0v) is 12.1. The van der Waals surface area contributed by atoms with Crippen molar-refractivity contribution in [2.75, 3.05) is 31.5 Å². The molecule has 0 bridgehead atoms. The fraction of sp³-hybridized carbons (Fsp3) is 0.667. The Hall–Kier alpha value is -1.11. The van der Waals surface area contributed by atoms with Crippen LogP contribution in [-0.2, 0) is 4.79 Å². The summed E-state index contributed by atoms with van der Waals surface area (Å²) in [5, 5.41) is 6.41. The van der Waals surface area contributed by atoms with Crippen LogP contribution in [0.15, 0.2) is 10.6 Å². The molecule has 19 heavy (non-hydrogen) atoms. The van der Waals surface area contributed by atoms with Crippen molar-refractivity contribution >= 4 is 24.2 Å². The first kappa shape index (κ1) is 15.9. The maximum atomic E-state index is 11.8. The summed E-state index contributed by atoms with van der Waals surface area (Å²) in [6, 6.07) is 1.70. The van der Waals surface area contributed by atoms with Gasteiger partial charge in [-0.25, -0.2) is 0 Å². The third-order valence-corrected chi connectivity index (χ3v) is 3.39. The number of aryl methyl sites for hydroxylation is 1. The third-order valence-electron chi connectivity index (χ3n) is 3.39. The Morgan fingerprint density at radius 3 is 2.95 bits per heavy atom. The van der Waals surface area contributed by atoms with Crippen molar-refractivity contribution < 1.29 is 9.32 Å². The summed E-state index contributed by atoms with van der Waals surface area (Å²) < 4.78 is 4.94. The van der Waals surface area contributed by atoms with Crippen molar-refractivity contribution in [3.63, 3.8) is 0 Å². The molecule has 1 aliphatic heterocycles. The van der Waals surface area contributed by atoms with Crippen molar-refractivity contribution in [2.45, 2.75) is 20.3 Å². The molecule has 0 saturated carbocycles. The zero-order chi connectivity index (χ0) is 13.2. The summed E-state index contributed by atoms with van der Waals surface area (Å²) in [6.45, 7) is 6.78. The molecule has 1 aromatic rings. The molecular formula is C12H21ClN4O2. The predicted molar refractivity (Wildman–Crippen MR) is 75.3 cm³/mol. The molecule has 7 heteroatoms. The van der Waals surface area contributed by atoms with Crippen LogP contribution in [0.25, 0.3) is 0 Å². The highest BCUT2D eigenvalue weighted by molar-refractivity contribution is 5.91. The van der Waals surface area contributed by atoms with Crippen LogP contribution < -0.4 is 11.1 Å². The lowest BCUT2D eigenvalue weighted by molar-refractivity contribution is -0.117. The minimum atomic E-state index is -0.0765. The number of nitrogens with one attached hydrogen (secondary N) is 1. The molecule has 1 atom stereocenters. The first-order chi connectivity index (χ1) is 8.50. The molecule has 0 radical (unpaired) electrons. The smallest absolute Gasteiger partial charge is 0.240 e. The van der Waals surface area contributed by atoms with Crippen LogP contribution in [0.1, 0.15) is 19.0 Å². The lowest BCUT2D eigenvalue weighted by Crippen LogP contribution is -2.35. The fourth-order valence-electron chi connectivity index (χ4n) is 2.23. The van der Waals surface area contributed by atoms with Crippen LogP contribution in [0.2, 0.25) is 0 Å². The van der Waals surface area contributed by atoms with Gasteiger partial charge in [-0.2, -0.15) is 0 Å². The number of halogens is 1. The molecule has 108 valence electrons. The lowest BCUT2D eigenvalue weighted by Gasteiger charge is -2.22. The molecule has 2 rings (SSSR count). The maximum absolute atomic E-state index is 11.8. The summed E-state index contributed by atoms with van der Waals surface area (Å²) >= 11 is 0. The quantitative estimate of drug-likeness (QED) is 0.864. The van der Waals surface area contributed by atoms with E-state index < -0.39 is 0 Å². The molecule has 1 saturated heterocycles. The minimum absolute atomic E-state index is 0. The van der Waals surface area contributed by atoms with E-state index in [1.54, 1.807) is 6.07 Å². The van der Waals surface area contributed by atoms with Gasteiger partial charge in [-0.05, 0) is 31.8 Å². The summed E-state index contributed by atoms with van der Waals surface area (Å²) in [5.74, 6) is 0.325. The molecule has 3 N–H and O–H groups in total. The fourth-order valence-corrected chi connectivity index (χ4v) is 2.23. The largest absolute Gasteiger partial charge is 0.338 e. The Morgan fingerprint density at radius 2 is 2.42 bits per heavy atom. The topological polar surface area (TPSA) is 84.4 Å². The van der Waals surface area contributed by atoms with Gasteiger partial charge in [0.2, 0.25) is 11.8 Å². The van der Waals surface area contributed by atoms with Crippen LogP contribution in [0.3, 0.4) is 0 Å². The first-order valence-corrected chi connectivity index (χ1v) is 6.16. The molecule has 1 aromatic heterocycles. The standard InChI is InChI=1S/C12H20N4O2.ClH/c1-9-5-11(18-15-9)14-10(17)6-16-4-3-12(2,7-13)8-16;/h5H,3-4,6-8,13H2,1-2H3,(H,14,17);1H. The van der Waals surface area contributed by atoms with Crippen LogP contribution >= 0.6 is 12.4 Å². The SMILES string of the molecule is Cc1cc(NC(=O)CN2CCC(C)(CN)C2)on1.Cl. The molecule has 0 aromatic carbocycles. The number of rotatable bonds is 4. The van der Waals surface area contributed by atoms with Crippen LogP contribution in [-0.4, -0.2) is 42.1 Å². The Morgan fingerprint density at radius 1 is 1.68 bits per heavy atom. The maximum Gasteiger partial charge on any atom is 0.240 e. The highest BCUT2D eigenvalue weighted by Crippen LogP contribution is 2.28. The van der Waals surface area contributed by atoms with E-state index in [1.807, 2.05) is 6.92 Å². The van der Waals surface area contributed by atoms with E-state index in [-0.39, 0.29) is 23.7 Å². The van der Waals surface area contributed by atoms with Crippen molar-refractivity contribution in [1.29, 1.82) is 0 Å². The molecule has 6 nitrogen and oxygen atoms in total. The van der Waals surface area contributed by atoms with Gasteiger partial charge in [-0.15, -0.1) is 12.4 Å². The van der Waals surface area contributed by atoms with Gasteiger partial charge in [0.15, 0.2) is 0 Å². The Balaban J connectivity index is 0.00000180. The molecule has 0 spiro atoms. The zero-order valence-electron chi connectivity index (χ0n) is 11.3. The molecule has 1 fully saturated rings. The highest BCUT2D eigenvalue weighted by Gasteiger charge is 2.33. The third kappa shape index (κ3) is 4.19. The van der Waals surface area contributed by atoms with E-state index in [0.717, 1.165) is 25.2 Å². The summed E-state index contributed by atoms with van der Waals surface area (Å²) in [4.78, 5) is 13.9. The van der Waals surface area contributed by atoms with Crippen molar-refractivity contribution in [3.8, 4) is 0 Å². The number of anilines is 1. The van der Waals surface area contributed by atoms with Crippen LogP contribution in [0.5, 0.6) is 0 Å². The minimum Gasteiger partial charge on any atom is -0.338 e. The van der Waals surface area contributed by atoms with Gasteiger partial charge < -0.3 is 10.3 Å². The molecule has 1 unspecified atom stereocenters. The number of aromatic nitrogens is 1. The first-order valence-electron chi connectivity index (χ1n) is 6.16. The van der Waals surface area contributed by atoms with E-state index in [1.165, 1.54) is 0 Å². The normalized spacial score (nSPS) is 23.1. The van der Waals surface area contributed by atoms with E-state index in [9.17, 15) is 4.79 Å². The summed E-state index contributed by atoms with van der Waals surface area (Å²) in [6.07, 6.45) is 1.04. The summed E-state index contributed by atoms with van der Waals surface area (Å²) in [5.41, 5.74) is 6.63. The second kappa shape index (κ2) is 6.36. The van der Waals surface area contributed by atoms with Crippen molar-refractivity contribution in [1.82, 2.24) is 10.1 Å². The van der Waals surface area contributed by atoms with Crippen molar-refractivity contribution in [3.05, 3.63) is 11.8 Å². The van der Waals surface area contributed by atoms with Gasteiger partial charge >= 0.3 is 0 Å². The number of carbonyl (C=O) groups is 1. The van der Waals surface area contributed by atoms with E-state index >= 15 is 0 Å². The van der Waals surface area contributed by atoms with Crippen molar-refractivity contribution in [2.24, 2.45) is 11.1 Å². The summed E-state index contributed by atoms with van der Waals surface area (Å²) in [7, 11) is 0. The predicted octanol–water partition coefficient (Wildman–Crippen LogP) is 1.01. The number of hydrogen-bond acceptors (Lipinski definition) is 5. The second-order valence-electron chi connectivity index (χ2n) is 5.36. The molecule has 1 aliphatic rings. The monoisotopic (exact) mass is 288 g/mol. The van der Waals surface area contributed by atoms with E-state index in [4.69, 9.17) is 10.3 Å². The molecule has 0 aliphatic carbocycles. The number of nitrogens with zero attached hydrogens (tertiary/aromatic N) is 2. The molecule has 1 amide bonds. The van der Waals surface area contributed by atoms with Gasteiger partial charge in [0, 0.05) is 12.6 Å². The Labute approximate surface area is 119 Å². The number of amides is 1. The Kier molecular flexibility index (Phi) is 5.34.